The number of benzene rings is 1. The quantitative estimate of drug-likeness (QED) is 0.797. The number of pyridine rings is 1. The van der Waals surface area contributed by atoms with Gasteiger partial charge in [0.25, 0.3) is 0 Å². The summed E-state index contributed by atoms with van der Waals surface area (Å²) >= 11 is 0. The van der Waals surface area contributed by atoms with Crippen molar-refractivity contribution in [2.75, 3.05) is 0 Å². The van der Waals surface area contributed by atoms with Gasteiger partial charge in [-0.05, 0) is 35.7 Å². The molecule has 1 aromatic carbocycles. The Labute approximate surface area is 124 Å². The SMILES string of the molecule is CCc1ccc(CC(N)c2ccc3nccnc3c2)nc1. The van der Waals surface area contributed by atoms with Gasteiger partial charge in [0.05, 0.1) is 11.0 Å². The minimum Gasteiger partial charge on any atom is -0.324 e. The van der Waals surface area contributed by atoms with E-state index >= 15 is 0 Å². The molecule has 106 valence electrons. The highest BCUT2D eigenvalue weighted by molar-refractivity contribution is 5.74. The molecule has 1 unspecified atom stereocenters. The van der Waals surface area contributed by atoms with E-state index in [2.05, 4.69) is 34.0 Å². The van der Waals surface area contributed by atoms with E-state index in [4.69, 9.17) is 5.73 Å². The van der Waals surface area contributed by atoms with Crippen LogP contribution in [0, 0.1) is 0 Å². The number of nitrogens with zero attached hydrogens (tertiary/aromatic N) is 3. The first kappa shape index (κ1) is 13.6. The van der Waals surface area contributed by atoms with Crippen LogP contribution in [0.4, 0.5) is 0 Å². The summed E-state index contributed by atoms with van der Waals surface area (Å²) < 4.78 is 0. The van der Waals surface area contributed by atoms with Crippen molar-refractivity contribution in [1.29, 1.82) is 0 Å². The summed E-state index contributed by atoms with van der Waals surface area (Å²) in [6, 6.07) is 10.1. The summed E-state index contributed by atoms with van der Waals surface area (Å²) in [4.78, 5) is 13.1. The zero-order valence-electron chi connectivity index (χ0n) is 12.0. The van der Waals surface area contributed by atoms with E-state index in [1.165, 1.54) is 5.56 Å². The second-order valence-electron chi connectivity index (χ2n) is 5.13. The zero-order valence-corrected chi connectivity index (χ0v) is 12.0. The Hall–Kier alpha value is -2.33. The molecule has 0 aliphatic rings. The van der Waals surface area contributed by atoms with Gasteiger partial charge < -0.3 is 5.73 Å². The number of hydrogen-bond acceptors (Lipinski definition) is 4. The fourth-order valence-corrected chi connectivity index (χ4v) is 2.34. The molecule has 0 aliphatic carbocycles. The normalized spacial score (nSPS) is 12.5. The molecule has 0 aliphatic heterocycles. The Balaban J connectivity index is 1.80. The topological polar surface area (TPSA) is 64.7 Å². The lowest BCUT2D eigenvalue weighted by molar-refractivity contribution is 0.706. The fourth-order valence-electron chi connectivity index (χ4n) is 2.34. The Morgan fingerprint density at radius 2 is 1.81 bits per heavy atom. The molecule has 0 spiro atoms. The highest BCUT2D eigenvalue weighted by Gasteiger charge is 2.09. The van der Waals surface area contributed by atoms with Crippen molar-refractivity contribution in [1.82, 2.24) is 15.0 Å². The molecule has 4 nitrogen and oxygen atoms in total. The van der Waals surface area contributed by atoms with Gasteiger partial charge in [0.2, 0.25) is 0 Å². The molecule has 4 heteroatoms. The molecule has 3 rings (SSSR count). The zero-order chi connectivity index (χ0) is 14.7. The molecule has 0 bridgehead atoms. The van der Waals surface area contributed by atoms with Crippen molar-refractivity contribution in [3.63, 3.8) is 0 Å². The highest BCUT2D eigenvalue weighted by atomic mass is 14.8. The molecule has 0 saturated heterocycles. The van der Waals surface area contributed by atoms with E-state index in [9.17, 15) is 0 Å². The summed E-state index contributed by atoms with van der Waals surface area (Å²) in [5, 5.41) is 0. The maximum absolute atomic E-state index is 6.30. The van der Waals surface area contributed by atoms with Gasteiger partial charge in [-0.3, -0.25) is 15.0 Å². The molecule has 2 N–H and O–H groups in total. The standard InChI is InChI=1S/C17H18N4/c1-2-12-3-5-14(21-11-12)10-15(18)13-4-6-16-17(9-13)20-8-7-19-16/h3-9,11,15H,2,10,18H2,1H3. The fraction of sp³-hybridized carbons (Fsp3) is 0.235. The average molecular weight is 278 g/mol. The first-order chi connectivity index (χ1) is 10.3. The predicted octanol–water partition coefficient (Wildman–Crippen LogP) is 2.83. The maximum atomic E-state index is 6.30. The van der Waals surface area contributed by atoms with Gasteiger partial charge in [-0.15, -0.1) is 0 Å². The first-order valence-electron chi connectivity index (χ1n) is 7.16. The van der Waals surface area contributed by atoms with Crippen LogP contribution in [-0.4, -0.2) is 15.0 Å². The molecule has 1 atom stereocenters. The lowest BCUT2D eigenvalue weighted by Gasteiger charge is -2.12. The molecular weight excluding hydrogens is 260 g/mol. The molecule has 0 fully saturated rings. The molecule has 2 aromatic heterocycles. The first-order valence-corrected chi connectivity index (χ1v) is 7.16. The van der Waals surface area contributed by atoms with Gasteiger partial charge >= 0.3 is 0 Å². The predicted molar refractivity (Wildman–Crippen MR) is 83.8 cm³/mol. The highest BCUT2D eigenvalue weighted by Crippen LogP contribution is 2.19. The minimum atomic E-state index is -0.0867. The molecule has 0 amide bonds. The summed E-state index contributed by atoms with van der Waals surface area (Å²) in [6.07, 6.45) is 7.04. The third-order valence-corrected chi connectivity index (χ3v) is 3.64. The number of nitrogens with two attached hydrogens (primary N) is 1. The lowest BCUT2D eigenvalue weighted by atomic mass is 10.0. The number of rotatable bonds is 4. The van der Waals surface area contributed by atoms with E-state index in [0.29, 0.717) is 0 Å². The van der Waals surface area contributed by atoms with Crippen LogP contribution in [0.25, 0.3) is 11.0 Å². The van der Waals surface area contributed by atoms with Gasteiger partial charge in [0.1, 0.15) is 0 Å². The van der Waals surface area contributed by atoms with Crippen molar-refractivity contribution in [2.45, 2.75) is 25.8 Å². The summed E-state index contributed by atoms with van der Waals surface area (Å²) in [5.41, 5.74) is 11.4. The van der Waals surface area contributed by atoms with E-state index < -0.39 is 0 Å². The van der Waals surface area contributed by atoms with Crippen molar-refractivity contribution in [2.24, 2.45) is 5.73 Å². The third kappa shape index (κ3) is 3.06. The minimum absolute atomic E-state index is 0.0867. The van der Waals surface area contributed by atoms with Crippen LogP contribution >= 0.6 is 0 Å². The Bertz CT molecular complexity index is 737. The second-order valence-corrected chi connectivity index (χ2v) is 5.13. The van der Waals surface area contributed by atoms with E-state index in [-0.39, 0.29) is 6.04 Å². The Kier molecular flexibility index (Phi) is 3.88. The van der Waals surface area contributed by atoms with Crippen LogP contribution in [0.2, 0.25) is 0 Å². The van der Waals surface area contributed by atoms with Crippen LogP contribution in [0.1, 0.15) is 29.8 Å². The summed E-state index contributed by atoms with van der Waals surface area (Å²) in [7, 11) is 0. The maximum Gasteiger partial charge on any atom is 0.0890 e. The van der Waals surface area contributed by atoms with Crippen molar-refractivity contribution in [3.05, 3.63) is 65.7 Å². The molecule has 3 aromatic rings. The third-order valence-electron chi connectivity index (χ3n) is 3.64. The Morgan fingerprint density at radius 1 is 1.00 bits per heavy atom. The molecule has 0 saturated carbocycles. The van der Waals surface area contributed by atoms with Crippen LogP contribution in [0.5, 0.6) is 0 Å². The van der Waals surface area contributed by atoms with E-state index in [1.807, 2.05) is 24.4 Å². The molecular formula is C17H18N4. The lowest BCUT2D eigenvalue weighted by Crippen LogP contribution is -2.14. The molecule has 2 heterocycles. The smallest absolute Gasteiger partial charge is 0.0890 e. The monoisotopic (exact) mass is 278 g/mol. The second kappa shape index (κ2) is 5.97. The molecule has 0 radical (unpaired) electrons. The van der Waals surface area contributed by atoms with Gasteiger partial charge in [0.15, 0.2) is 0 Å². The van der Waals surface area contributed by atoms with Crippen LogP contribution in [0.3, 0.4) is 0 Å². The van der Waals surface area contributed by atoms with Crippen molar-refractivity contribution in [3.8, 4) is 0 Å². The number of hydrogen-bond donors (Lipinski definition) is 1. The number of aromatic nitrogens is 3. The largest absolute Gasteiger partial charge is 0.324 e. The van der Waals surface area contributed by atoms with Crippen LogP contribution in [0.15, 0.2) is 48.9 Å². The van der Waals surface area contributed by atoms with Gasteiger partial charge in [0, 0.05) is 36.7 Å². The van der Waals surface area contributed by atoms with Gasteiger partial charge in [-0.2, -0.15) is 0 Å². The number of fused-ring (bicyclic) bond motifs is 1. The summed E-state index contributed by atoms with van der Waals surface area (Å²) in [5.74, 6) is 0. The van der Waals surface area contributed by atoms with Gasteiger partial charge in [-0.1, -0.05) is 19.1 Å². The number of aryl methyl sites for hydroxylation is 1. The van der Waals surface area contributed by atoms with Crippen molar-refractivity contribution >= 4 is 11.0 Å². The van der Waals surface area contributed by atoms with Crippen LogP contribution < -0.4 is 5.73 Å². The average Bonchev–Trinajstić information content (AvgIpc) is 2.55. The Morgan fingerprint density at radius 3 is 2.52 bits per heavy atom. The summed E-state index contributed by atoms with van der Waals surface area (Å²) in [6.45, 7) is 2.12. The van der Waals surface area contributed by atoms with E-state index in [1.54, 1.807) is 12.4 Å². The van der Waals surface area contributed by atoms with Crippen molar-refractivity contribution < 1.29 is 0 Å². The molecule has 21 heavy (non-hydrogen) atoms. The van der Waals surface area contributed by atoms with Gasteiger partial charge in [-0.25, -0.2) is 0 Å². The van der Waals surface area contributed by atoms with Crippen LogP contribution in [-0.2, 0) is 12.8 Å². The van der Waals surface area contributed by atoms with E-state index in [0.717, 1.165) is 35.1 Å².